The fourth-order valence-electron chi connectivity index (χ4n) is 1.70. The minimum atomic E-state index is -0.548. The molecule has 0 amide bonds. The molecule has 1 heterocycles. The van der Waals surface area contributed by atoms with Crippen molar-refractivity contribution in [3.63, 3.8) is 0 Å². The molecule has 8 heteroatoms. The van der Waals surface area contributed by atoms with Crippen LogP contribution in [0.5, 0.6) is 5.75 Å². The van der Waals surface area contributed by atoms with Crippen molar-refractivity contribution < 1.29 is 14.2 Å². The van der Waals surface area contributed by atoms with Gasteiger partial charge in [-0.1, -0.05) is 16.8 Å². The van der Waals surface area contributed by atoms with Gasteiger partial charge in [0.05, 0.1) is 4.92 Å². The maximum Gasteiger partial charge on any atom is 0.288 e. The summed E-state index contributed by atoms with van der Waals surface area (Å²) in [5.41, 5.74) is -0.158. The highest BCUT2D eigenvalue weighted by atomic mass is 35.5. The molecule has 0 atom stereocenters. The largest absolute Gasteiger partial charge is 0.485 e. The standard InChI is InChI=1S/C12H10ClN3O4/c13-9-5-8(3-4-10(9)16(17)18)19-6-11-14-12(20-15-11)7-1-2-7/h3-5,7H,1-2,6H2. The molecule has 0 unspecified atom stereocenters. The summed E-state index contributed by atoms with van der Waals surface area (Å²) in [6.45, 7) is 0.129. The van der Waals surface area contributed by atoms with Crippen LogP contribution in [-0.2, 0) is 6.61 Å². The van der Waals surface area contributed by atoms with E-state index in [1.165, 1.54) is 18.2 Å². The van der Waals surface area contributed by atoms with Crippen LogP contribution in [0.1, 0.15) is 30.5 Å². The number of rotatable bonds is 5. The van der Waals surface area contributed by atoms with E-state index in [0.29, 0.717) is 23.4 Å². The predicted octanol–water partition coefficient (Wildman–Crippen LogP) is 3.09. The van der Waals surface area contributed by atoms with Crippen LogP contribution >= 0.6 is 11.6 Å². The molecule has 0 bridgehead atoms. The normalized spacial score (nSPS) is 14.2. The van der Waals surface area contributed by atoms with Gasteiger partial charge in [0.25, 0.3) is 5.69 Å². The summed E-state index contributed by atoms with van der Waals surface area (Å²) in [4.78, 5) is 14.3. The number of hydrogen-bond donors (Lipinski definition) is 0. The van der Waals surface area contributed by atoms with E-state index in [4.69, 9.17) is 20.9 Å². The van der Waals surface area contributed by atoms with Crippen LogP contribution in [0.2, 0.25) is 5.02 Å². The fourth-order valence-corrected chi connectivity index (χ4v) is 1.94. The lowest BCUT2D eigenvalue weighted by atomic mass is 10.3. The lowest BCUT2D eigenvalue weighted by molar-refractivity contribution is -0.384. The molecule has 104 valence electrons. The molecule has 1 aliphatic rings. The van der Waals surface area contributed by atoms with Gasteiger partial charge in [-0.25, -0.2) is 0 Å². The number of halogens is 1. The molecule has 1 saturated carbocycles. The van der Waals surface area contributed by atoms with Crippen molar-refractivity contribution in [3.05, 3.63) is 45.1 Å². The number of hydrogen-bond acceptors (Lipinski definition) is 6. The minimum Gasteiger partial charge on any atom is -0.485 e. The molecule has 0 radical (unpaired) electrons. The lowest BCUT2D eigenvalue weighted by Gasteiger charge is -2.03. The van der Waals surface area contributed by atoms with Gasteiger partial charge in [-0.3, -0.25) is 10.1 Å². The summed E-state index contributed by atoms with van der Waals surface area (Å²) in [5.74, 6) is 1.90. The van der Waals surface area contributed by atoms with E-state index in [-0.39, 0.29) is 17.3 Å². The smallest absolute Gasteiger partial charge is 0.288 e. The molecule has 0 spiro atoms. The summed E-state index contributed by atoms with van der Waals surface area (Å²) >= 11 is 5.79. The van der Waals surface area contributed by atoms with Gasteiger partial charge in [0, 0.05) is 18.1 Å². The number of aromatic nitrogens is 2. The maximum atomic E-state index is 10.6. The van der Waals surface area contributed by atoms with E-state index in [9.17, 15) is 10.1 Å². The molecule has 7 nitrogen and oxygen atoms in total. The average Bonchev–Trinajstić information content (AvgIpc) is 3.15. The number of benzene rings is 1. The van der Waals surface area contributed by atoms with Crippen molar-refractivity contribution >= 4 is 17.3 Å². The van der Waals surface area contributed by atoms with Gasteiger partial charge in [0.15, 0.2) is 6.61 Å². The van der Waals surface area contributed by atoms with Gasteiger partial charge in [-0.05, 0) is 18.9 Å². The highest BCUT2D eigenvalue weighted by Crippen LogP contribution is 2.38. The van der Waals surface area contributed by atoms with Crippen LogP contribution in [0.3, 0.4) is 0 Å². The highest BCUT2D eigenvalue weighted by molar-refractivity contribution is 6.32. The van der Waals surface area contributed by atoms with Crippen molar-refractivity contribution in [2.24, 2.45) is 0 Å². The van der Waals surface area contributed by atoms with Gasteiger partial charge in [-0.2, -0.15) is 4.98 Å². The summed E-state index contributed by atoms with van der Waals surface area (Å²) in [5, 5.41) is 14.5. The summed E-state index contributed by atoms with van der Waals surface area (Å²) in [6.07, 6.45) is 2.17. The molecular formula is C12H10ClN3O4. The second-order valence-electron chi connectivity index (χ2n) is 4.48. The highest BCUT2D eigenvalue weighted by Gasteiger charge is 2.29. The van der Waals surface area contributed by atoms with E-state index >= 15 is 0 Å². The summed E-state index contributed by atoms with van der Waals surface area (Å²) in [7, 11) is 0. The van der Waals surface area contributed by atoms with Crippen molar-refractivity contribution in [2.45, 2.75) is 25.4 Å². The Morgan fingerprint density at radius 1 is 1.50 bits per heavy atom. The van der Waals surface area contributed by atoms with Crippen LogP contribution < -0.4 is 4.74 Å². The zero-order valence-corrected chi connectivity index (χ0v) is 11.0. The molecule has 3 rings (SSSR count). The van der Waals surface area contributed by atoms with Gasteiger partial charge < -0.3 is 9.26 Å². The zero-order valence-electron chi connectivity index (χ0n) is 10.3. The Hall–Kier alpha value is -2.15. The van der Waals surface area contributed by atoms with Crippen molar-refractivity contribution in [3.8, 4) is 5.75 Å². The Labute approximate surface area is 118 Å². The molecule has 1 aliphatic carbocycles. The molecular weight excluding hydrogens is 286 g/mol. The van der Waals surface area contributed by atoms with E-state index in [0.717, 1.165) is 12.8 Å². The van der Waals surface area contributed by atoms with Crippen LogP contribution in [0.4, 0.5) is 5.69 Å². The number of ether oxygens (including phenoxy) is 1. The average molecular weight is 296 g/mol. The van der Waals surface area contributed by atoms with Crippen molar-refractivity contribution in [1.29, 1.82) is 0 Å². The quantitative estimate of drug-likeness (QED) is 0.622. The first-order valence-electron chi connectivity index (χ1n) is 6.02. The third-order valence-corrected chi connectivity index (χ3v) is 3.20. The molecule has 2 aromatic rings. The first-order chi connectivity index (χ1) is 9.63. The van der Waals surface area contributed by atoms with Crippen molar-refractivity contribution in [2.75, 3.05) is 0 Å². The van der Waals surface area contributed by atoms with Gasteiger partial charge in [0.1, 0.15) is 10.8 Å². The summed E-state index contributed by atoms with van der Waals surface area (Å²) < 4.78 is 10.5. The fraction of sp³-hybridized carbons (Fsp3) is 0.333. The van der Waals surface area contributed by atoms with E-state index in [1.807, 2.05) is 0 Å². The van der Waals surface area contributed by atoms with Crippen LogP contribution in [-0.4, -0.2) is 15.1 Å². The maximum absolute atomic E-state index is 10.6. The molecule has 0 saturated heterocycles. The topological polar surface area (TPSA) is 91.3 Å². The van der Waals surface area contributed by atoms with Crippen molar-refractivity contribution in [1.82, 2.24) is 10.1 Å². The SMILES string of the molecule is O=[N+]([O-])c1ccc(OCc2noc(C3CC3)n2)cc1Cl. The van der Waals surface area contributed by atoms with E-state index in [2.05, 4.69) is 10.1 Å². The molecule has 1 aromatic heterocycles. The Balaban J connectivity index is 1.65. The first kappa shape index (κ1) is 12.9. The minimum absolute atomic E-state index is 0.0271. The molecule has 0 N–H and O–H groups in total. The Morgan fingerprint density at radius 3 is 2.95 bits per heavy atom. The molecule has 20 heavy (non-hydrogen) atoms. The summed E-state index contributed by atoms with van der Waals surface area (Å²) in [6, 6.07) is 4.16. The molecule has 1 aromatic carbocycles. The van der Waals surface area contributed by atoms with Crippen LogP contribution in [0, 0.1) is 10.1 Å². The Kier molecular flexibility index (Phi) is 3.27. The zero-order chi connectivity index (χ0) is 14.1. The third kappa shape index (κ3) is 2.72. The monoisotopic (exact) mass is 295 g/mol. The number of nitrogens with zero attached hydrogens (tertiary/aromatic N) is 3. The molecule has 0 aliphatic heterocycles. The number of nitro benzene ring substituents is 1. The number of nitro groups is 1. The second kappa shape index (κ2) is 5.09. The molecule has 1 fully saturated rings. The lowest BCUT2D eigenvalue weighted by Crippen LogP contribution is -1.98. The van der Waals surface area contributed by atoms with Gasteiger partial charge >= 0.3 is 0 Å². The van der Waals surface area contributed by atoms with Crippen LogP contribution in [0.15, 0.2) is 22.7 Å². The third-order valence-electron chi connectivity index (χ3n) is 2.89. The van der Waals surface area contributed by atoms with Gasteiger partial charge in [-0.15, -0.1) is 0 Å². The van der Waals surface area contributed by atoms with E-state index in [1.54, 1.807) is 0 Å². The van der Waals surface area contributed by atoms with Gasteiger partial charge in [0.2, 0.25) is 11.7 Å². The first-order valence-corrected chi connectivity index (χ1v) is 6.40. The van der Waals surface area contributed by atoms with Crippen LogP contribution in [0.25, 0.3) is 0 Å². The predicted molar refractivity (Wildman–Crippen MR) is 68.7 cm³/mol. The Bertz CT molecular complexity index is 654. The Morgan fingerprint density at radius 2 is 2.30 bits per heavy atom. The second-order valence-corrected chi connectivity index (χ2v) is 4.89. The van der Waals surface area contributed by atoms with E-state index < -0.39 is 4.92 Å².